The average Bonchev–Trinajstić information content (AvgIpc) is 3.06. The molecule has 0 aliphatic heterocycles. The molecule has 1 N–H and O–H groups in total. The summed E-state index contributed by atoms with van der Waals surface area (Å²) in [6, 6.07) is 16.4. The van der Waals surface area contributed by atoms with Gasteiger partial charge >= 0.3 is 0 Å². The van der Waals surface area contributed by atoms with Crippen molar-refractivity contribution < 1.29 is 4.39 Å². The summed E-state index contributed by atoms with van der Waals surface area (Å²) in [5, 5.41) is 2.56. The van der Waals surface area contributed by atoms with E-state index in [1.807, 2.05) is 35.7 Å². The average molecular weight is 368 g/mol. The van der Waals surface area contributed by atoms with E-state index in [0.717, 1.165) is 11.1 Å². The lowest BCUT2D eigenvalue weighted by atomic mass is 10.1. The Kier molecular flexibility index (Phi) is 4.38. The van der Waals surface area contributed by atoms with Crippen molar-refractivity contribution in [3.05, 3.63) is 82.0 Å². The Morgan fingerprint density at radius 1 is 1.08 bits per heavy atom. The number of halogens is 1. The second kappa shape index (κ2) is 6.82. The summed E-state index contributed by atoms with van der Waals surface area (Å²) in [6.07, 6.45) is 0. The molecule has 0 spiro atoms. The van der Waals surface area contributed by atoms with Gasteiger partial charge in [0.25, 0.3) is 5.56 Å². The van der Waals surface area contributed by atoms with Gasteiger partial charge in [-0.05, 0) is 17.7 Å². The fourth-order valence-corrected chi connectivity index (χ4v) is 4.38. The minimum atomic E-state index is -0.265. The Hall–Kier alpha value is -2.44. The largest absolute Gasteiger partial charge is 0.309 e. The van der Waals surface area contributed by atoms with Crippen molar-refractivity contribution in [2.45, 2.75) is 10.6 Å². The molecule has 0 atom stereocenters. The zero-order valence-electron chi connectivity index (χ0n) is 13.0. The number of hydrogen-bond donors (Lipinski definition) is 1. The first kappa shape index (κ1) is 16.1. The summed E-state index contributed by atoms with van der Waals surface area (Å²) in [6.45, 7) is 0. The van der Waals surface area contributed by atoms with Crippen molar-refractivity contribution in [1.82, 2.24) is 9.97 Å². The van der Waals surface area contributed by atoms with Crippen LogP contribution in [0.5, 0.6) is 0 Å². The van der Waals surface area contributed by atoms with Gasteiger partial charge in [-0.25, -0.2) is 9.37 Å². The van der Waals surface area contributed by atoms with E-state index >= 15 is 0 Å². The maximum atomic E-state index is 13.7. The van der Waals surface area contributed by atoms with Crippen LogP contribution in [0, 0.1) is 5.82 Å². The molecule has 4 rings (SSSR count). The van der Waals surface area contributed by atoms with E-state index in [0.29, 0.717) is 26.7 Å². The van der Waals surface area contributed by atoms with Crippen molar-refractivity contribution in [1.29, 1.82) is 0 Å². The smallest absolute Gasteiger partial charge is 0.260 e. The molecule has 25 heavy (non-hydrogen) atoms. The van der Waals surface area contributed by atoms with Crippen LogP contribution in [0.4, 0.5) is 4.39 Å². The van der Waals surface area contributed by atoms with Crippen LogP contribution in [-0.2, 0) is 5.75 Å². The summed E-state index contributed by atoms with van der Waals surface area (Å²) in [5.41, 5.74) is 1.73. The molecule has 2 aromatic carbocycles. The number of nitrogens with one attached hydrogen (secondary N) is 1. The Morgan fingerprint density at radius 2 is 1.84 bits per heavy atom. The number of rotatable bonds is 4. The maximum Gasteiger partial charge on any atom is 0.260 e. The van der Waals surface area contributed by atoms with E-state index < -0.39 is 0 Å². The van der Waals surface area contributed by atoms with E-state index in [1.165, 1.54) is 29.2 Å². The van der Waals surface area contributed by atoms with Crippen LogP contribution in [-0.4, -0.2) is 9.97 Å². The summed E-state index contributed by atoms with van der Waals surface area (Å²) in [4.78, 5) is 21.2. The number of aromatic amines is 1. The second-order valence-corrected chi connectivity index (χ2v) is 7.30. The van der Waals surface area contributed by atoms with Crippen LogP contribution in [0.25, 0.3) is 21.3 Å². The van der Waals surface area contributed by atoms with Crippen LogP contribution in [0.15, 0.2) is 69.7 Å². The predicted molar refractivity (Wildman–Crippen MR) is 102 cm³/mol. The highest BCUT2D eigenvalue weighted by molar-refractivity contribution is 7.98. The van der Waals surface area contributed by atoms with Crippen molar-refractivity contribution in [3.8, 4) is 11.1 Å². The number of hydrogen-bond acceptors (Lipinski definition) is 4. The van der Waals surface area contributed by atoms with E-state index in [1.54, 1.807) is 18.2 Å². The topological polar surface area (TPSA) is 45.8 Å². The highest BCUT2D eigenvalue weighted by Gasteiger charge is 2.13. The molecule has 0 amide bonds. The molecule has 3 nitrogen and oxygen atoms in total. The number of benzene rings is 2. The number of thioether (sulfide) groups is 1. The molecule has 0 aliphatic carbocycles. The van der Waals surface area contributed by atoms with Gasteiger partial charge in [0, 0.05) is 15.8 Å². The highest BCUT2D eigenvalue weighted by atomic mass is 32.2. The molecule has 0 aliphatic rings. The summed E-state index contributed by atoms with van der Waals surface area (Å²) < 4.78 is 13.7. The molecule has 0 radical (unpaired) electrons. The van der Waals surface area contributed by atoms with E-state index in [9.17, 15) is 9.18 Å². The maximum absolute atomic E-state index is 13.7. The molecule has 2 heterocycles. The van der Waals surface area contributed by atoms with Crippen molar-refractivity contribution >= 4 is 33.3 Å². The zero-order chi connectivity index (χ0) is 17.2. The van der Waals surface area contributed by atoms with Crippen molar-refractivity contribution in [2.24, 2.45) is 0 Å². The number of H-pyrrole nitrogens is 1. The molecule has 124 valence electrons. The fourth-order valence-electron chi connectivity index (χ4n) is 2.60. The molecule has 0 saturated carbocycles. The normalized spacial score (nSPS) is 11.1. The lowest BCUT2D eigenvalue weighted by Gasteiger charge is -2.03. The van der Waals surface area contributed by atoms with Gasteiger partial charge in [0.15, 0.2) is 0 Å². The minimum Gasteiger partial charge on any atom is -0.309 e. The molecule has 0 saturated heterocycles. The molecule has 0 fully saturated rings. The van der Waals surface area contributed by atoms with Gasteiger partial charge in [-0.15, -0.1) is 23.1 Å². The van der Waals surface area contributed by atoms with E-state index in [-0.39, 0.29) is 11.4 Å². The SMILES string of the molecule is O=c1[nH]c(CSc2ccccc2F)nc2scc(-c3ccccc3)c12. The van der Waals surface area contributed by atoms with Crippen LogP contribution in [0.3, 0.4) is 0 Å². The van der Waals surface area contributed by atoms with Gasteiger partial charge < -0.3 is 4.98 Å². The van der Waals surface area contributed by atoms with Crippen LogP contribution in [0.2, 0.25) is 0 Å². The van der Waals surface area contributed by atoms with Crippen molar-refractivity contribution in [2.75, 3.05) is 0 Å². The number of thiophene rings is 1. The second-order valence-electron chi connectivity index (χ2n) is 5.43. The lowest BCUT2D eigenvalue weighted by molar-refractivity contribution is 0.602. The molecule has 6 heteroatoms. The van der Waals surface area contributed by atoms with Gasteiger partial charge in [-0.3, -0.25) is 4.79 Å². The lowest BCUT2D eigenvalue weighted by Crippen LogP contribution is -2.10. The first-order valence-electron chi connectivity index (χ1n) is 7.65. The molecule has 4 aromatic rings. The summed E-state index contributed by atoms with van der Waals surface area (Å²) in [7, 11) is 0. The molecular formula is C19H13FN2OS2. The van der Waals surface area contributed by atoms with Crippen molar-refractivity contribution in [3.63, 3.8) is 0 Å². The summed E-state index contributed by atoms with van der Waals surface area (Å²) >= 11 is 2.77. The van der Waals surface area contributed by atoms with Gasteiger partial charge in [0.1, 0.15) is 16.5 Å². The fraction of sp³-hybridized carbons (Fsp3) is 0.0526. The van der Waals surface area contributed by atoms with Gasteiger partial charge in [-0.2, -0.15) is 0 Å². The molecule has 0 bridgehead atoms. The van der Waals surface area contributed by atoms with Crippen LogP contribution >= 0.6 is 23.1 Å². The molecule has 0 unspecified atom stereocenters. The number of nitrogens with zero attached hydrogens (tertiary/aromatic N) is 1. The van der Waals surface area contributed by atoms with E-state index in [2.05, 4.69) is 9.97 Å². The predicted octanol–water partition coefficient (Wildman–Crippen LogP) is 5.08. The van der Waals surface area contributed by atoms with Gasteiger partial charge in [0.2, 0.25) is 0 Å². The Balaban J connectivity index is 1.67. The molecular weight excluding hydrogens is 355 g/mol. The number of aromatic nitrogens is 2. The highest BCUT2D eigenvalue weighted by Crippen LogP contribution is 2.31. The first-order valence-corrected chi connectivity index (χ1v) is 9.52. The van der Waals surface area contributed by atoms with E-state index in [4.69, 9.17) is 0 Å². The third-order valence-electron chi connectivity index (χ3n) is 3.78. The minimum absolute atomic E-state index is 0.158. The standard InChI is InChI=1S/C19H13FN2OS2/c20-14-8-4-5-9-15(14)24-11-16-21-18(23)17-13(10-25-19(17)22-16)12-6-2-1-3-7-12/h1-10H,11H2,(H,21,22,23). The van der Waals surface area contributed by atoms with Crippen LogP contribution < -0.4 is 5.56 Å². The van der Waals surface area contributed by atoms with Gasteiger partial charge in [-0.1, -0.05) is 42.5 Å². The zero-order valence-corrected chi connectivity index (χ0v) is 14.7. The third kappa shape index (κ3) is 3.23. The first-order chi connectivity index (χ1) is 12.2. The van der Waals surface area contributed by atoms with Gasteiger partial charge in [0.05, 0.1) is 11.1 Å². The Morgan fingerprint density at radius 3 is 2.64 bits per heavy atom. The Labute approximate surface area is 151 Å². The third-order valence-corrected chi connectivity index (χ3v) is 5.71. The summed E-state index contributed by atoms with van der Waals surface area (Å²) in [5.74, 6) is 0.690. The molecule has 2 aromatic heterocycles. The van der Waals surface area contributed by atoms with Crippen LogP contribution in [0.1, 0.15) is 5.82 Å². The number of fused-ring (bicyclic) bond motifs is 1. The monoisotopic (exact) mass is 368 g/mol. The quantitative estimate of drug-likeness (QED) is 0.511. The Bertz CT molecular complexity index is 1090.